The van der Waals surface area contributed by atoms with Crippen molar-refractivity contribution in [2.75, 3.05) is 18.3 Å². The van der Waals surface area contributed by atoms with Crippen LogP contribution < -0.4 is 4.72 Å². The highest BCUT2D eigenvalue weighted by molar-refractivity contribution is 7.85. The Bertz CT molecular complexity index is 1610. The second kappa shape index (κ2) is 16.3. The van der Waals surface area contributed by atoms with E-state index in [9.17, 15) is 9.00 Å². The number of amides is 1. The Kier molecular flexibility index (Phi) is 12.3. The molecular weight excluding hydrogens is 591 g/mol. The van der Waals surface area contributed by atoms with Crippen molar-refractivity contribution in [3.8, 4) is 11.3 Å². The molecule has 0 radical (unpaired) electrons. The van der Waals surface area contributed by atoms with Crippen LogP contribution in [0.4, 0.5) is 5.69 Å². The molecule has 1 N–H and O–H groups in total. The van der Waals surface area contributed by atoms with Crippen LogP contribution >= 0.6 is 0 Å². The van der Waals surface area contributed by atoms with Gasteiger partial charge in [0.15, 0.2) is 0 Å². The Hall–Kier alpha value is -4.30. The van der Waals surface area contributed by atoms with Gasteiger partial charge in [0.1, 0.15) is 16.8 Å². The van der Waals surface area contributed by atoms with E-state index < -0.39 is 11.0 Å². The largest absolute Gasteiger partial charge is 0.303 e. The minimum absolute atomic E-state index is 0.118. The third-order valence-electron chi connectivity index (χ3n) is 7.88. The number of pyridine rings is 1. The van der Waals surface area contributed by atoms with Gasteiger partial charge >= 0.3 is 0 Å². The quantitative estimate of drug-likeness (QED) is 0.0661. The molecule has 1 unspecified atom stereocenters. The van der Waals surface area contributed by atoms with E-state index in [-0.39, 0.29) is 5.41 Å². The number of rotatable bonds is 14. The average molecular weight is 638 g/mol. The van der Waals surface area contributed by atoms with Crippen molar-refractivity contribution in [3.05, 3.63) is 119 Å². The summed E-state index contributed by atoms with van der Waals surface area (Å²) in [6.07, 6.45) is 3.31. The molecule has 3 aromatic carbocycles. The Labute approximate surface area is 277 Å². The number of benzene rings is 3. The molecule has 0 fully saturated rings. The highest BCUT2D eigenvalue weighted by Crippen LogP contribution is 2.24. The van der Waals surface area contributed by atoms with Crippen LogP contribution in [-0.4, -0.2) is 44.9 Å². The first-order valence-corrected chi connectivity index (χ1v) is 17.2. The standard InChI is InChI=1S/C38H47N5O2S/c1-7-43(28-44)37(40-42(6)26-31-18-22-34(23-19-31)38(3,4)5)15-11-14-30-16-20-33(21-17-30)36-25-24-35(29(2)39-36)41-46(45)27-32-12-9-8-10-13-32/h8-10,12-13,16-25,28,41H,7,11,14-15,26-27H2,1-6H3/b40-37-. The lowest BCUT2D eigenvalue weighted by atomic mass is 9.87. The van der Waals surface area contributed by atoms with Gasteiger partial charge in [-0.25, -0.2) is 4.21 Å². The fraction of sp³-hybridized carbons (Fsp3) is 0.342. The van der Waals surface area contributed by atoms with Crippen molar-refractivity contribution in [2.45, 2.75) is 71.6 Å². The number of nitrogens with zero attached hydrogens (tertiary/aromatic N) is 4. The van der Waals surface area contributed by atoms with Gasteiger partial charge in [-0.2, -0.15) is 5.10 Å². The van der Waals surface area contributed by atoms with Gasteiger partial charge in [-0.1, -0.05) is 99.6 Å². The van der Waals surface area contributed by atoms with Gasteiger partial charge in [0.05, 0.1) is 29.4 Å². The van der Waals surface area contributed by atoms with Crippen molar-refractivity contribution in [3.63, 3.8) is 0 Å². The van der Waals surface area contributed by atoms with E-state index in [0.717, 1.165) is 53.3 Å². The molecule has 0 aliphatic carbocycles. The minimum atomic E-state index is -1.24. The summed E-state index contributed by atoms with van der Waals surface area (Å²) in [5.41, 5.74) is 8.32. The summed E-state index contributed by atoms with van der Waals surface area (Å²) >= 11 is 0. The zero-order chi connectivity index (χ0) is 33.1. The number of anilines is 1. The lowest BCUT2D eigenvalue weighted by molar-refractivity contribution is -0.114. The molecule has 242 valence electrons. The second-order valence-electron chi connectivity index (χ2n) is 12.6. The van der Waals surface area contributed by atoms with Crippen molar-refractivity contribution >= 4 is 28.9 Å². The van der Waals surface area contributed by atoms with Crippen molar-refractivity contribution in [1.82, 2.24) is 14.9 Å². The average Bonchev–Trinajstić information content (AvgIpc) is 3.03. The summed E-state index contributed by atoms with van der Waals surface area (Å²) in [5.74, 6) is 1.21. The third-order valence-corrected chi connectivity index (χ3v) is 8.93. The first-order chi connectivity index (χ1) is 22.0. The predicted molar refractivity (Wildman–Crippen MR) is 192 cm³/mol. The second-order valence-corrected chi connectivity index (χ2v) is 13.8. The highest BCUT2D eigenvalue weighted by atomic mass is 32.2. The van der Waals surface area contributed by atoms with Crippen molar-refractivity contribution in [2.24, 2.45) is 5.10 Å². The maximum atomic E-state index is 12.6. The zero-order valence-corrected chi connectivity index (χ0v) is 28.8. The maximum Gasteiger partial charge on any atom is 0.215 e. The smallest absolute Gasteiger partial charge is 0.215 e. The van der Waals surface area contributed by atoms with Crippen LogP contribution in [0, 0.1) is 6.92 Å². The van der Waals surface area contributed by atoms with Gasteiger partial charge in [-0.15, -0.1) is 0 Å². The summed E-state index contributed by atoms with van der Waals surface area (Å²) in [7, 11) is 0.718. The SMILES string of the molecule is CCN(C=O)/C(CCCc1ccc(-c2ccc(NS(=O)Cc3ccccc3)c(C)n2)cc1)=N\N(C)Cc1ccc(C(C)(C)C)cc1. The molecule has 1 amide bonds. The molecule has 0 aliphatic heterocycles. The molecule has 0 bridgehead atoms. The van der Waals surface area contributed by atoms with E-state index in [1.165, 1.54) is 16.7 Å². The van der Waals surface area contributed by atoms with Crippen molar-refractivity contribution < 1.29 is 9.00 Å². The number of hydrogen-bond acceptors (Lipinski definition) is 5. The Morgan fingerprint density at radius 3 is 2.20 bits per heavy atom. The van der Waals surface area contributed by atoms with Crippen LogP contribution in [0.1, 0.15) is 68.5 Å². The molecule has 1 heterocycles. The molecule has 8 heteroatoms. The van der Waals surface area contributed by atoms with Gasteiger partial charge in [-0.05, 0) is 66.5 Å². The maximum absolute atomic E-state index is 12.6. The predicted octanol–water partition coefficient (Wildman–Crippen LogP) is 7.88. The molecule has 4 rings (SSSR count). The molecule has 0 aliphatic rings. The molecule has 0 saturated heterocycles. The van der Waals surface area contributed by atoms with E-state index >= 15 is 0 Å². The van der Waals surface area contributed by atoms with Gasteiger partial charge < -0.3 is 9.62 Å². The fourth-order valence-electron chi connectivity index (χ4n) is 5.18. The summed E-state index contributed by atoms with van der Waals surface area (Å²) < 4.78 is 15.7. The van der Waals surface area contributed by atoms with Gasteiger partial charge in [-0.3, -0.25) is 14.8 Å². The molecule has 46 heavy (non-hydrogen) atoms. The fourth-order valence-corrected chi connectivity index (χ4v) is 6.21. The normalized spacial score (nSPS) is 12.4. The number of carbonyl (C=O) groups is 1. The first kappa shape index (κ1) is 34.6. The lowest BCUT2D eigenvalue weighted by Crippen LogP contribution is -2.31. The Morgan fingerprint density at radius 2 is 1.59 bits per heavy atom. The third kappa shape index (κ3) is 10.1. The van der Waals surface area contributed by atoms with Crippen LogP contribution in [0.25, 0.3) is 11.3 Å². The molecule has 0 spiro atoms. The number of carbonyl (C=O) groups excluding carboxylic acids is 1. The summed E-state index contributed by atoms with van der Waals surface area (Å²) in [4.78, 5) is 18.3. The first-order valence-electron chi connectivity index (χ1n) is 15.9. The number of nitrogens with one attached hydrogen (secondary N) is 1. The van der Waals surface area contributed by atoms with E-state index in [1.54, 1.807) is 4.90 Å². The van der Waals surface area contributed by atoms with Gasteiger partial charge in [0.25, 0.3) is 0 Å². The van der Waals surface area contributed by atoms with E-state index in [0.29, 0.717) is 25.3 Å². The molecule has 0 saturated carbocycles. The molecule has 4 aromatic rings. The van der Waals surface area contributed by atoms with E-state index in [4.69, 9.17) is 10.1 Å². The van der Waals surface area contributed by atoms with Crippen LogP contribution in [0.15, 0.2) is 96.1 Å². The number of aromatic nitrogens is 1. The van der Waals surface area contributed by atoms with E-state index in [2.05, 4.69) is 74.0 Å². The number of hydrazone groups is 1. The Balaban J connectivity index is 1.33. The number of amidine groups is 1. The Morgan fingerprint density at radius 1 is 0.913 bits per heavy atom. The summed E-state index contributed by atoms with van der Waals surface area (Å²) in [5, 5.41) is 6.75. The van der Waals surface area contributed by atoms with Gasteiger partial charge in [0.2, 0.25) is 6.41 Å². The molecule has 7 nitrogen and oxygen atoms in total. The van der Waals surface area contributed by atoms with Crippen LogP contribution in [0.2, 0.25) is 0 Å². The van der Waals surface area contributed by atoms with E-state index in [1.807, 2.05) is 68.4 Å². The van der Waals surface area contributed by atoms with Crippen molar-refractivity contribution in [1.29, 1.82) is 0 Å². The highest BCUT2D eigenvalue weighted by Gasteiger charge is 2.14. The number of aryl methyl sites for hydroxylation is 2. The topological polar surface area (TPSA) is 77.9 Å². The molecule has 1 atom stereocenters. The zero-order valence-electron chi connectivity index (χ0n) is 28.0. The molecular formula is C38H47N5O2S. The monoisotopic (exact) mass is 637 g/mol. The van der Waals surface area contributed by atoms with Crippen LogP contribution in [0.3, 0.4) is 0 Å². The van der Waals surface area contributed by atoms with Crippen LogP contribution in [0.5, 0.6) is 0 Å². The lowest BCUT2D eigenvalue weighted by Gasteiger charge is -2.22. The summed E-state index contributed by atoms with van der Waals surface area (Å²) in [6.45, 7) is 11.8. The summed E-state index contributed by atoms with van der Waals surface area (Å²) in [6, 6.07) is 30.8. The minimum Gasteiger partial charge on any atom is -0.303 e. The van der Waals surface area contributed by atoms with Gasteiger partial charge in [0, 0.05) is 25.6 Å². The number of hydrogen-bond donors (Lipinski definition) is 1. The molecule has 1 aromatic heterocycles. The van der Waals surface area contributed by atoms with Crippen LogP contribution in [-0.2, 0) is 39.9 Å².